The van der Waals surface area contributed by atoms with Gasteiger partial charge in [-0.25, -0.2) is 0 Å². The minimum absolute atomic E-state index is 0.533. The molecule has 0 saturated heterocycles. The van der Waals surface area contributed by atoms with Crippen molar-refractivity contribution in [2.45, 2.75) is 37.6 Å². The smallest absolute Gasteiger partial charge is 0.0480 e. The van der Waals surface area contributed by atoms with Gasteiger partial charge in [-0.05, 0) is 43.6 Å². The topological polar surface area (TPSA) is 12.0 Å². The van der Waals surface area contributed by atoms with Crippen molar-refractivity contribution in [3.63, 3.8) is 0 Å². The summed E-state index contributed by atoms with van der Waals surface area (Å²) in [7, 11) is 0. The van der Waals surface area contributed by atoms with Gasteiger partial charge in [0.15, 0.2) is 0 Å². The lowest BCUT2D eigenvalue weighted by Crippen LogP contribution is -2.25. The fraction of sp³-hybridized carbons (Fsp3) is 0.538. The molecule has 0 aromatic heterocycles. The first-order chi connectivity index (χ1) is 7.15. The molecule has 1 aliphatic carbocycles. The number of thioether (sulfide) groups is 1. The number of benzene rings is 1. The molecule has 1 aromatic rings. The van der Waals surface area contributed by atoms with Gasteiger partial charge < -0.3 is 5.32 Å². The molecule has 2 rings (SSSR count). The molecule has 1 fully saturated rings. The van der Waals surface area contributed by atoms with Crippen LogP contribution in [0.5, 0.6) is 0 Å². The lowest BCUT2D eigenvalue weighted by Gasteiger charge is -2.22. The molecule has 1 nitrogen and oxygen atoms in total. The van der Waals surface area contributed by atoms with E-state index >= 15 is 0 Å². The van der Waals surface area contributed by atoms with Crippen LogP contribution in [-0.2, 0) is 0 Å². The Morgan fingerprint density at radius 3 is 2.60 bits per heavy atom. The van der Waals surface area contributed by atoms with E-state index in [0.29, 0.717) is 11.5 Å². The number of hydrogen-bond donors (Lipinski definition) is 1. The Labute approximate surface area is 96.7 Å². The number of nitrogens with one attached hydrogen (secondary N) is 1. The van der Waals surface area contributed by atoms with E-state index in [1.54, 1.807) is 11.8 Å². The fourth-order valence-corrected chi connectivity index (χ4v) is 2.36. The molecule has 0 aliphatic heterocycles. The minimum Gasteiger partial charge on any atom is -0.381 e. The van der Waals surface area contributed by atoms with Crippen LogP contribution in [0.1, 0.15) is 26.7 Å². The Bertz CT molecular complexity index is 344. The average Bonchev–Trinajstić information content (AvgIpc) is 2.99. The summed E-state index contributed by atoms with van der Waals surface area (Å²) in [5, 5.41) is 3.64. The number of anilines is 1. The Hall–Kier alpha value is -0.630. The molecule has 1 unspecified atom stereocenters. The zero-order chi connectivity index (χ0) is 10.9. The Balaban J connectivity index is 2.09. The van der Waals surface area contributed by atoms with E-state index in [1.807, 2.05) is 0 Å². The van der Waals surface area contributed by atoms with Gasteiger partial charge in [-0.1, -0.05) is 19.1 Å². The normalized spacial score (nSPS) is 19.7. The maximum absolute atomic E-state index is 3.64. The van der Waals surface area contributed by atoms with E-state index in [9.17, 15) is 0 Å². The summed E-state index contributed by atoms with van der Waals surface area (Å²) >= 11 is 1.81. The molecule has 1 N–H and O–H groups in total. The maximum atomic E-state index is 3.64. The lowest BCUT2D eigenvalue weighted by molar-refractivity contribution is 0.492. The quantitative estimate of drug-likeness (QED) is 0.771. The minimum atomic E-state index is 0.533. The summed E-state index contributed by atoms with van der Waals surface area (Å²) in [6.07, 6.45) is 4.86. The van der Waals surface area contributed by atoms with Gasteiger partial charge >= 0.3 is 0 Å². The molecular weight excluding hydrogens is 202 g/mol. The predicted octanol–water partition coefficient (Wildman–Crippen LogP) is 4.01. The third-order valence-corrected chi connectivity index (χ3v) is 4.36. The number of hydrogen-bond acceptors (Lipinski definition) is 2. The monoisotopic (exact) mass is 221 g/mol. The van der Waals surface area contributed by atoms with E-state index in [-0.39, 0.29) is 0 Å². The van der Waals surface area contributed by atoms with Crippen LogP contribution in [-0.4, -0.2) is 12.3 Å². The van der Waals surface area contributed by atoms with E-state index in [1.165, 1.54) is 23.4 Å². The fourth-order valence-electron chi connectivity index (χ4n) is 1.80. The first-order valence-corrected chi connectivity index (χ1v) is 6.78. The van der Waals surface area contributed by atoms with Crippen molar-refractivity contribution in [1.29, 1.82) is 0 Å². The van der Waals surface area contributed by atoms with Gasteiger partial charge in [0.2, 0.25) is 0 Å². The van der Waals surface area contributed by atoms with Crippen LogP contribution in [0.2, 0.25) is 0 Å². The molecule has 0 spiro atoms. The molecule has 0 heterocycles. The lowest BCUT2D eigenvalue weighted by atomic mass is 10.0. The van der Waals surface area contributed by atoms with E-state index in [4.69, 9.17) is 0 Å². The molecule has 1 aliphatic rings. The first kappa shape index (κ1) is 10.9. The van der Waals surface area contributed by atoms with E-state index < -0.39 is 0 Å². The van der Waals surface area contributed by atoms with Crippen LogP contribution in [0, 0.1) is 5.41 Å². The second-order valence-electron chi connectivity index (χ2n) is 4.72. The summed E-state index contributed by atoms with van der Waals surface area (Å²) in [4.78, 5) is 1.34. The summed E-state index contributed by atoms with van der Waals surface area (Å²) in [5.74, 6) is 0. The largest absolute Gasteiger partial charge is 0.381 e. The van der Waals surface area contributed by atoms with Gasteiger partial charge in [0, 0.05) is 16.6 Å². The van der Waals surface area contributed by atoms with Crippen molar-refractivity contribution in [1.82, 2.24) is 0 Å². The predicted molar refractivity (Wildman–Crippen MR) is 68.6 cm³/mol. The van der Waals surface area contributed by atoms with Crippen molar-refractivity contribution in [3.8, 4) is 0 Å². The first-order valence-electron chi connectivity index (χ1n) is 5.55. The summed E-state index contributed by atoms with van der Waals surface area (Å²) in [5.41, 5.74) is 1.82. The van der Waals surface area contributed by atoms with Gasteiger partial charge in [0.05, 0.1) is 0 Å². The Morgan fingerprint density at radius 1 is 1.33 bits per heavy atom. The highest BCUT2D eigenvalue weighted by Crippen LogP contribution is 2.49. The summed E-state index contributed by atoms with van der Waals surface area (Å²) < 4.78 is 0. The van der Waals surface area contributed by atoms with E-state index in [2.05, 4.69) is 49.7 Å². The highest BCUT2D eigenvalue weighted by atomic mass is 32.2. The molecule has 0 radical (unpaired) electrons. The highest BCUT2D eigenvalue weighted by Gasteiger charge is 2.42. The Kier molecular flexibility index (Phi) is 2.96. The second kappa shape index (κ2) is 4.09. The third kappa shape index (κ3) is 2.31. The van der Waals surface area contributed by atoms with Crippen LogP contribution in [0.4, 0.5) is 5.69 Å². The summed E-state index contributed by atoms with van der Waals surface area (Å²) in [6.45, 7) is 4.66. The SMILES string of the molecule is CSc1ccccc1NC(C)C1(C)CC1. The zero-order valence-corrected chi connectivity index (χ0v) is 10.5. The van der Waals surface area contributed by atoms with Crippen molar-refractivity contribution in [3.05, 3.63) is 24.3 Å². The van der Waals surface area contributed by atoms with Crippen molar-refractivity contribution in [2.75, 3.05) is 11.6 Å². The molecule has 1 aromatic carbocycles. The van der Waals surface area contributed by atoms with E-state index in [0.717, 1.165) is 0 Å². The van der Waals surface area contributed by atoms with Gasteiger partial charge in [-0.2, -0.15) is 0 Å². The summed E-state index contributed by atoms with van der Waals surface area (Å²) in [6, 6.07) is 9.12. The van der Waals surface area contributed by atoms with Crippen molar-refractivity contribution >= 4 is 17.4 Å². The standard InChI is InChI=1S/C13H19NS/c1-10(13(2)8-9-13)14-11-6-4-5-7-12(11)15-3/h4-7,10,14H,8-9H2,1-3H3. The third-order valence-electron chi connectivity index (χ3n) is 3.56. The van der Waals surface area contributed by atoms with Gasteiger partial charge in [-0.15, -0.1) is 11.8 Å². The molecule has 2 heteroatoms. The molecular formula is C13H19NS. The van der Waals surface area contributed by atoms with Gasteiger partial charge in [0.1, 0.15) is 0 Å². The molecule has 0 bridgehead atoms. The average molecular weight is 221 g/mol. The molecule has 82 valence electrons. The number of rotatable bonds is 4. The Morgan fingerprint density at radius 2 is 2.00 bits per heavy atom. The molecule has 1 atom stereocenters. The molecule has 1 saturated carbocycles. The maximum Gasteiger partial charge on any atom is 0.0480 e. The molecule has 15 heavy (non-hydrogen) atoms. The highest BCUT2D eigenvalue weighted by molar-refractivity contribution is 7.98. The second-order valence-corrected chi connectivity index (χ2v) is 5.57. The van der Waals surface area contributed by atoms with Crippen LogP contribution < -0.4 is 5.32 Å². The number of para-hydroxylation sites is 1. The molecule has 0 amide bonds. The van der Waals surface area contributed by atoms with Gasteiger partial charge in [-0.3, -0.25) is 0 Å². The van der Waals surface area contributed by atoms with Crippen LogP contribution in [0.25, 0.3) is 0 Å². The van der Waals surface area contributed by atoms with Crippen molar-refractivity contribution < 1.29 is 0 Å². The van der Waals surface area contributed by atoms with Gasteiger partial charge in [0.25, 0.3) is 0 Å². The van der Waals surface area contributed by atoms with Crippen LogP contribution >= 0.6 is 11.8 Å². The van der Waals surface area contributed by atoms with Crippen molar-refractivity contribution in [2.24, 2.45) is 5.41 Å². The zero-order valence-electron chi connectivity index (χ0n) is 9.71. The van der Waals surface area contributed by atoms with Crippen LogP contribution in [0.3, 0.4) is 0 Å². The van der Waals surface area contributed by atoms with Crippen LogP contribution in [0.15, 0.2) is 29.2 Å².